The van der Waals surface area contributed by atoms with Crippen LogP contribution in [0.4, 0.5) is 28.9 Å². The van der Waals surface area contributed by atoms with Crippen molar-refractivity contribution in [1.82, 2.24) is 0 Å². The minimum Gasteiger partial charge on any atom is -0.367 e. The molecule has 3 nitrogen and oxygen atoms in total. The first kappa shape index (κ1) is 20.7. The Morgan fingerprint density at radius 1 is 1.17 bits per heavy atom. The number of nitrogens with one attached hydrogen (secondary N) is 1. The monoisotopic (exact) mass is 420 g/mol. The number of benzene rings is 2. The number of halogens is 4. The van der Waals surface area contributed by atoms with Crippen LogP contribution in [0.2, 0.25) is 0 Å². The SMILES string of the molecule is Cc1cc2c(c(C)c1NC(=O)CC1(C(F)(F)F)CC1)CCN(c1ccc(F)cc1)C2. The predicted octanol–water partition coefficient (Wildman–Crippen LogP) is 5.68. The number of hydrogen-bond donors (Lipinski definition) is 1. The van der Waals surface area contributed by atoms with Gasteiger partial charge in [-0.25, -0.2) is 4.39 Å². The van der Waals surface area contributed by atoms with E-state index in [0.29, 0.717) is 12.2 Å². The molecule has 1 fully saturated rings. The molecule has 7 heteroatoms. The molecule has 0 saturated heterocycles. The lowest BCUT2D eigenvalue weighted by molar-refractivity contribution is -0.189. The highest BCUT2D eigenvalue weighted by Crippen LogP contribution is 2.60. The van der Waals surface area contributed by atoms with Gasteiger partial charge in [0.2, 0.25) is 5.91 Å². The first-order valence-corrected chi connectivity index (χ1v) is 10.1. The molecule has 2 aromatic rings. The van der Waals surface area contributed by atoms with E-state index in [-0.39, 0.29) is 18.7 Å². The molecule has 0 radical (unpaired) electrons. The highest BCUT2D eigenvalue weighted by molar-refractivity contribution is 5.93. The fourth-order valence-corrected chi connectivity index (χ4v) is 4.40. The third kappa shape index (κ3) is 3.77. The molecular formula is C23H24F4N2O. The second kappa shape index (κ2) is 7.29. The lowest BCUT2D eigenvalue weighted by atomic mass is 9.91. The third-order valence-electron chi connectivity index (χ3n) is 6.40. The minimum atomic E-state index is -4.34. The van der Waals surface area contributed by atoms with Crippen LogP contribution >= 0.6 is 0 Å². The molecule has 0 unspecified atom stereocenters. The number of carbonyl (C=O) groups excluding carboxylic acids is 1. The molecule has 30 heavy (non-hydrogen) atoms. The number of rotatable bonds is 4. The van der Waals surface area contributed by atoms with Gasteiger partial charge in [-0.15, -0.1) is 0 Å². The molecule has 0 aromatic heterocycles. The van der Waals surface area contributed by atoms with Gasteiger partial charge in [-0.1, -0.05) is 6.07 Å². The van der Waals surface area contributed by atoms with Crippen LogP contribution in [-0.4, -0.2) is 18.6 Å². The summed E-state index contributed by atoms with van der Waals surface area (Å²) in [6.07, 6.45) is -4.08. The Bertz CT molecular complexity index is 978. The summed E-state index contributed by atoms with van der Waals surface area (Å²) in [7, 11) is 0. The fourth-order valence-electron chi connectivity index (χ4n) is 4.40. The largest absolute Gasteiger partial charge is 0.395 e. The molecule has 1 amide bonds. The van der Waals surface area contributed by atoms with E-state index in [1.54, 1.807) is 12.1 Å². The van der Waals surface area contributed by atoms with E-state index in [9.17, 15) is 22.4 Å². The second-order valence-electron chi connectivity index (χ2n) is 8.48. The lowest BCUT2D eigenvalue weighted by Gasteiger charge is -2.33. The lowest BCUT2D eigenvalue weighted by Crippen LogP contribution is -2.32. The Labute approximate surface area is 173 Å². The van der Waals surface area contributed by atoms with Gasteiger partial charge in [0, 0.05) is 30.9 Å². The molecule has 0 atom stereocenters. The van der Waals surface area contributed by atoms with E-state index in [4.69, 9.17) is 0 Å². The van der Waals surface area contributed by atoms with E-state index < -0.39 is 23.9 Å². The highest BCUT2D eigenvalue weighted by atomic mass is 19.4. The summed E-state index contributed by atoms with van der Waals surface area (Å²) < 4.78 is 52.7. The van der Waals surface area contributed by atoms with Gasteiger partial charge in [0.1, 0.15) is 5.82 Å². The zero-order valence-electron chi connectivity index (χ0n) is 17.0. The number of fused-ring (bicyclic) bond motifs is 1. The number of nitrogens with zero attached hydrogens (tertiary/aromatic N) is 1. The van der Waals surface area contributed by atoms with Crippen LogP contribution < -0.4 is 10.2 Å². The Morgan fingerprint density at radius 2 is 1.83 bits per heavy atom. The highest BCUT2D eigenvalue weighted by Gasteiger charge is 2.63. The number of carbonyl (C=O) groups is 1. The molecule has 2 aliphatic rings. The van der Waals surface area contributed by atoms with Crippen molar-refractivity contribution in [1.29, 1.82) is 0 Å². The first-order chi connectivity index (χ1) is 14.1. The zero-order chi connectivity index (χ0) is 21.7. The van der Waals surface area contributed by atoms with Crippen molar-refractivity contribution >= 4 is 17.3 Å². The third-order valence-corrected chi connectivity index (χ3v) is 6.40. The predicted molar refractivity (Wildman–Crippen MR) is 108 cm³/mol. The van der Waals surface area contributed by atoms with Gasteiger partial charge >= 0.3 is 6.18 Å². The summed E-state index contributed by atoms with van der Waals surface area (Å²) in [6, 6.07) is 8.37. The quantitative estimate of drug-likeness (QED) is 0.646. The molecule has 160 valence electrons. The van der Waals surface area contributed by atoms with Crippen molar-refractivity contribution in [3.05, 3.63) is 58.4 Å². The van der Waals surface area contributed by atoms with Crippen LogP contribution in [0.15, 0.2) is 30.3 Å². The van der Waals surface area contributed by atoms with Crippen molar-refractivity contribution in [2.75, 3.05) is 16.8 Å². The van der Waals surface area contributed by atoms with Crippen LogP contribution in [0.3, 0.4) is 0 Å². The molecule has 1 N–H and O–H groups in total. The van der Waals surface area contributed by atoms with Gasteiger partial charge in [0.05, 0.1) is 5.41 Å². The molecule has 1 aliphatic carbocycles. The molecule has 1 heterocycles. The molecule has 0 bridgehead atoms. The van der Waals surface area contributed by atoms with Crippen molar-refractivity contribution in [2.45, 2.75) is 52.3 Å². The van der Waals surface area contributed by atoms with Gasteiger partial charge < -0.3 is 10.2 Å². The average Bonchev–Trinajstić information content (AvgIpc) is 3.46. The van der Waals surface area contributed by atoms with Gasteiger partial charge in [-0.05, 0) is 79.6 Å². The average molecular weight is 420 g/mol. The summed E-state index contributed by atoms with van der Waals surface area (Å²) in [5.74, 6) is -0.860. The van der Waals surface area contributed by atoms with Crippen molar-refractivity contribution in [3.63, 3.8) is 0 Å². The van der Waals surface area contributed by atoms with Crippen LogP contribution in [-0.2, 0) is 17.8 Å². The molecule has 4 rings (SSSR count). The van der Waals surface area contributed by atoms with Crippen molar-refractivity contribution in [3.8, 4) is 0 Å². The van der Waals surface area contributed by atoms with E-state index in [1.165, 1.54) is 12.1 Å². The smallest absolute Gasteiger partial charge is 0.367 e. The Kier molecular flexibility index (Phi) is 5.03. The van der Waals surface area contributed by atoms with Gasteiger partial charge in [0.15, 0.2) is 0 Å². The van der Waals surface area contributed by atoms with E-state index in [0.717, 1.165) is 40.9 Å². The number of anilines is 2. The number of aryl methyl sites for hydroxylation is 1. The maximum atomic E-state index is 13.2. The summed E-state index contributed by atoms with van der Waals surface area (Å²) in [5.41, 5.74) is 3.69. The second-order valence-corrected chi connectivity index (χ2v) is 8.48. The maximum absolute atomic E-state index is 13.2. The summed E-state index contributed by atoms with van der Waals surface area (Å²) in [6.45, 7) is 5.17. The maximum Gasteiger partial charge on any atom is 0.395 e. The van der Waals surface area contributed by atoms with Crippen LogP contribution in [0.5, 0.6) is 0 Å². The Balaban J connectivity index is 1.52. The summed E-state index contributed by atoms with van der Waals surface area (Å²) in [5, 5.41) is 2.75. The van der Waals surface area contributed by atoms with Crippen LogP contribution in [0, 0.1) is 25.1 Å². The van der Waals surface area contributed by atoms with Crippen molar-refractivity contribution in [2.24, 2.45) is 5.41 Å². The first-order valence-electron chi connectivity index (χ1n) is 10.1. The topological polar surface area (TPSA) is 32.3 Å². The molecular weight excluding hydrogens is 396 g/mol. The van der Waals surface area contributed by atoms with E-state index in [2.05, 4.69) is 10.2 Å². The summed E-state index contributed by atoms with van der Waals surface area (Å²) >= 11 is 0. The van der Waals surface area contributed by atoms with Crippen molar-refractivity contribution < 1.29 is 22.4 Å². The standard InChI is InChI=1S/C23H24F4N2O/c1-14-11-16-13-29(18-5-3-17(24)4-6-18)10-7-19(16)15(2)21(14)28-20(30)12-22(8-9-22)23(25,26)27/h3-6,11H,7-10,12-13H2,1-2H3,(H,28,30). The minimum absolute atomic E-state index is 0.0191. The van der Waals surface area contributed by atoms with Crippen LogP contribution in [0.1, 0.15) is 41.5 Å². The normalized spacial score (nSPS) is 17.5. The Hall–Kier alpha value is -2.57. The van der Waals surface area contributed by atoms with E-state index in [1.807, 2.05) is 19.9 Å². The fraction of sp³-hybridized carbons (Fsp3) is 0.435. The molecule has 1 aliphatic heterocycles. The zero-order valence-corrected chi connectivity index (χ0v) is 17.0. The Morgan fingerprint density at radius 3 is 2.43 bits per heavy atom. The van der Waals surface area contributed by atoms with E-state index >= 15 is 0 Å². The molecule has 2 aromatic carbocycles. The van der Waals surface area contributed by atoms with Gasteiger partial charge in [-0.2, -0.15) is 13.2 Å². The summed E-state index contributed by atoms with van der Waals surface area (Å²) in [4.78, 5) is 14.6. The van der Waals surface area contributed by atoms with Gasteiger partial charge in [-0.3, -0.25) is 4.79 Å². The number of amides is 1. The number of alkyl halides is 3. The number of hydrogen-bond acceptors (Lipinski definition) is 2. The van der Waals surface area contributed by atoms with Crippen LogP contribution in [0.25, 0.3) is 0 Å². The molecule has 1 saturated carbocycles. The molecule has 0 spiro atoms. The van der Waals surface area contributed by atoms with Gasteiger partial charge in [0.25, 0.3) is 0 Å².